The molecule has 152 valence electrons. The predicted molar refractivity (Wildman–Crippen MR) is 129 cm³/mol. The van der Waals surface area contributed by atoms with Crippen LogP contribution in [0.1, 0.15) is 19.4 Å². The fourth-order valence-corrected chi connectivity index (χ4v) is 3.94. The highest BCUT2D eigenvalue weighted by atomic mass is 35.5. The van der Waals surface area contributed by atoms with Gasteiger partial charge in [-0.1, -0.05) is 61.8 Å². The quantitative estimate of drug-likeness (QED) is 0.347. The van der Waals surface area contributed by atoms with E-state index in [0.717, 1.165) is 41.9 Å². The van der Waals surface area contributed by atoms with E-state index in [4.69, 9.17) is 11.6 Å². The highest BCUT2D eigenvalue weighted by molar-refractivity contribution is 6.31. The number of hydrogen-bond donors (Lipinski definition) is 1. The molecule has 0 aliphatic carbocycles. The van der Waals surface area contributed by atoms with Crippen LogP contribution in [-0.4, -0.2) is 23.0 Å². The van der Waals surface area contributed by atoms with Crippen molar-refractivity contribution in [2.45, 2.75) is 20.4 Å². The molecular weight excluding hydrogens is 390 g/mol. The topological polar surface area (TPSA) is 28.2 Å². The average molecular weight is 416 g/mol. The highest BCUT2D eigenvalue weighted by Crippen LogP contribution is 2.31. The van der Waals surface area contributed by atoms with Gasteiger partial charge >= 0.3 is 0 Å². The molecule has 3 aromatic carbocycles. The molecule has 30 heavy (non-hydrogen) atoms. The van der Waals surface area contributed by atoms with E-state index < -0.39 is 0 Å². The number of fused-ring (bicyclic) bond motifs is 1. The summed E-state index contributed by atoms with van der Waals surface area (Å²) in [6.45, 7) is 7.39. The van der Waals surface area contributed by atoms with E-state index in [9.17, 15) is 0 Å². The van der Waals surface area contributed by atoms with Crippen molar-refractivity contribution in [3.05, 3.63) is 89.6 Å². The van der Waals surface area contributed by atoms with E-state index in [1.54, 1.807) is 0 Å². The molecule has 0 amide bonds. The molecule has 1 aromatic heterocycles. The Labute approximate surface area is 183 Å². The lowest BCUT2D eigenvalue weighted by molar-refractivity contribution is 0.296. The Morgan fingerprint density at radius 2 is 1.70 bits per heavy atom. The Morgan fingerprint density at radius 1 is 0.900 bits per heavy atom. The van der Waals surface area contributed by atoms with Crippen LogP contribution >= 0.6 is 11.6 Å². The fourth-order valence-electron chi connectivity index (χ4n) is 3.78. The summed E-state index contributed by atoms with van der Waals surface area (Å²) in [6.07, 6.45) is 1.82. The molecule has 1 N–H and O–H groups in total. The first-order chi connectivity index (χ1) is 14.7. The predicted octanol–water partition coefficient (Wildman–Crippen LogP) is 7.14. The summed E-state index contributed by atoms with van der Waals surface area (Å²) in [4.78, 5) is 6.89. The van der Waals surface area contributed by atoms with Crippen LogP contribution in [0.5, 0.6) is 0 Å². The van der Waals surface area contributed by atoms with Crippen LogP contribution in [0.4, 0.5) is 11.4 Å². The molecule has 3 nitrogen and oxygen atoms in total. The molecule has 0 saturated heterocycles. The second-order valence-electron chi connectivity index (χ2n) is 7.34. The molecule has 0 spiro atoms. The summed E-state index contributed by atoms with van der Waals surface area (Å²) in [6, 6.07) is 25.1. The molecule has 0 atom stereocenters. The monoisotopic (exact) mass is 415 g/mol. The number of benzene rings is 3. The van der Waals surface area contributed by atoms with Crippen molar-refractivity contribution in [3.8, 4) is 11.1 Å². The van der Waals surface area contributed by atoms with Gasteiger partial charge in [-0.3, -0.25) is 9.88 Å². The van der Waals surface area contributed by atoms with Gasteiger partial charge in [0.25, 0.3) is 0 Å². The molecule has 4 rings (SSSR count). The third-order valence-corrected chi connectivity index (χ3v) is 5.70. The molecular formula is C26H26ClN3. The van der Waals surface area contributed by atoms with Crippen molar-refractivity contribution in [3.63, 3.8) is 0 Å². The van der Waals surface area contributed by atoms with E-state index >= 15 is 0 Å². The maximum atomic E-state index is 6.14. The van der Waals surface area contributed by atoms with Crippen molar-refractivity contribution in [1.82, 2.24) is 9.88 Å². The maximum absolute atomic E-state index is 6.14. The number of rotatable bonds is 7. The number of aromatic nitrogens is 1. The first-order valence-electron chi connectivity index (χ1n) is 10.4. The number of nitrogens with zero attached hydrogens (tertiary/aromatic N) is 2. The smallest absolute Gasteiger partial charge is 0.0737 e. The van der Waals surface area contributed by atoms with Crippen molar-refractivity contribution >= 4 is 33.9 Å². The molecule has 0 fully saturated rings. The second-order valence-corrected chi connectivity index (χ2v) is 7.78. The van der Waals surface area contributed by atoms with Gasteiger partial charge < -0.3 is 5.32 Å². The van der Waals surface area contributed by atoms with Gasteiger partial charge in [-0.15, -0.1) is 0 Å². The summed E-state index contributed by atoms with van der Waals surface area (Å²) in [5, 5.41) is 5.34. The first-order valence-corrected chi connectivity index (χ1v) is 10.8. The minimum atomic E-state index is 0.695. The lowest BCUT2D eigenvalue weighted by atomic mass is 9.98. The summed E-state index contributed by atoms with van der Waals surface area (Å²) in [5.74, 6) is 0. The highest BCUT2D eigenvalue weighted by Gasteiger charge is 2.11. The Morgan fingerprint density at radius 3 is 2.47 bits per heavy atom. The van der Waals surface area contributed by atoms with E-state index in [-0.39, 0.29) is 0 Å². The summed E-state index contributed by atoms with van der Waals surface area (Å²) in [7, 11) is 0. The maximum Gasteiger partial charge on any atom is 0.0737 e. The van der Waals surface area contributed by atoms with Crippen LogP contribution in [0.3, 0.4) is 0 Å². The van der Waals surface area contributed by atoms with E-state index in [2.05, 4.69) is 77.6 Å². The van der Waals surface area contributed by atoms with Gasteiger partial charge in [-0.05, 0) is 66.2 Å². The minimum absolute atomic E-state index is 0.695. The third-order valence-electron chi connectivity index (χ3n) is 5.46. The van der Waals surface area contributed by atoms with E-state index in [1.807, 2.05) is 30.5 Å². The van der Waals surface area contributed by atoms with Gasteiger partial charge in [0, 0.05) is 34.5 Å². The van der Waals surface area contributed by atoms with E-state index in [0.29, 0.717) is 5.02 Å². The third kappa shape index (κ3) is 4.48. The normalized spacial score (nSPS) is 11.2. The number of anilines is 2. The van der Waals surface area contributed by atoms with Gasteiger partial charge in [0.15, 0.2) is 0 Å². The van der Waals surface area contributed by atoms with Gasteiger partial charge in [0.05, 0.1) is 5.52 Å². The first kappa shape index (κ1) is 20.4. The van der Waals surface area contributed by atoms with Gasteiger partial charge in [-0.25, -0.2) is 0 Å². The van der Waals surface area contributed by atoms with Crippen LogP contribution in [0, 0.1) is 0 Å². The van der Waals surface area contributed by atoms with Crippen LogP contribution in [-0.2, 0) is 6.54 Å². The summed E-state index contributed by atoms with van der Waals surface area (Å²) < 4.78 is 0. The Bertz CT molecular complexity index is 1140. The minimum Gasteiger partial charge on any atom is -0.355 e. The van der Waals surface area contributed by atoms with Crippen LogP contribution in [0.15, 0.2) is 79.0 Å². The van der Waals surface area contributed by atoms with Crippen molar-refractivity contribution in [2.24, 2.45) is 0 Å². The number of pyridine rings is 1. The lowest BCUT2D eigenvalue weighted by Gasteiger charge is -2.21. The molecule has 0 unspecified atom stereocenters. The molecule has 0 aliphatic rings. The van der Waals surface area contributed by atoms with Crippen LogP contribution < -0.4 is 5.32 Å². The lowest BCUT2D eigenvalue weighted by Crippen LogP contribution is -2.22. The molecule has 4 aromatic rings. The number of hydrogen-bond acceptors (Lipinski definition) is 3. The molecule has 1 heterocycles. The number of halogens is 1. The largest absolute Gasteiger partial charge is 0.355 e. The van der Waals surface area contributed by atoms with Gasteiger partial charge in [0.2, 0.25) is 0 Å². The zero-order valence-corrected chi connectivity index (χ0v) is 18.2. The van der Waals surface area contributed by atoms with Crippen LogP contribution in [0.2, 0.25) is 5.02 Å². The summed E-state index contributed by atoms with van der Waals surface area (Å²) >= 11 is 6.14. The zero-order valence-electron chi connectivity index (χ0n) is 17.4. The van der Waals surface area contributed by atoms with Gasteiger partial charge in [-0.2, -0.15) is 0 Å². The molecule has 0 radical (unpaired) electrons. The molecule has 0 aliphatic heterocycles. The summed E-state index contributed by atoms with van der Waals surface area (Å²) in [5.41, 5.74) is 6.82. The average Bonchev–Trinajstić information content (AvgIpc) is 2.78. The zero-order chi connectivity index (χ0) is 20.9. The fraction of sp³-hybridized carbons (Fsp3) is 0.192. The Balaban J connectivity index is 1.73. The Kier molecular flexibility index (Phi) is 6.32. The molecule has 0 bridgehead atoms. The van der Waals surface area contributed by atoms with Crippen molar-refractivity contribution < 1.29 is 0 Å². The van der Waals surface area contributed by atoms with Gasteiger partial charge in [0.1, 0.15) is 0 Å². The standard InChI is InChI=1S/C26H26ClN3/c1-3-30(4-2)18-20-16-22(11-13-23(20)19-8-6-5-7-9-19)29-25-14-15-28-26-17-21(27)10-12-24(25)26/h5-17H,3-4,18H2,1-2H3,(H,28,29). The Hall–Kier alpha value is -2.88. The number of nitrogens with one attached hydrogen (secondary N) is 1. The van der Waals surface area contributed by atoms with E-state index in [1.165, 1.54) is 16.7 Å². The molecule has 0 saturated carbocycles. The van der Waals surface area contributed by atoms with Crippen molar-refractivity contribution in [2.75, 3.05) is 18.4 Å². The van der Waals surface area contributed by atoms with Crippen molar-refractivity contribution in [1.29, 1.82) is 0 Å². The second kappa shape index (κ2) is 9.29. The SMILES string of the molecule is CCN(CC)Cc1cc(Nc2ccnc3cc(Cl)ccc23)ccc1-c1ccccc1. The molecule has 4 heteroatoms. The van der Waals surface area contributed by atoms with Crippen LogP contribution in [0.25, 0.3) is 22.0 Å².